The van der Waals surface area contributed by atoms with Crippen LogP contribution in [0.25, 0.3) is 11.1 Å². The zero-order valence-corrected chi connectivity index (χ0v) is 12.7. The summed E-state index contributed by atoms with van der Waals surface area (Å²) >= 11 is 0. The highest BCUT2D eigenvalue weighted by Gasteiger charge is 2.72. The van der Waals surface area contributed by atoms with E-state index < -0.39 is 92.8 Å². The minimum atomic E-state index is -5.40. The van der Waals surface area contributed by atoms with Crippen LogP contribution in [-0.4, -0.2) is 11.8 Å². The zero-order chi connectivity index (χ0) is 21.3. The zero-order valence-electron chi connectivity index (χ0n) is 12.7. The Hall–Kier alpha value is -2.66. The molecular formula is C16H2F12. The molecule has 1 aliphatic carbocycles. The van der Waals surface area contributed by atoms with Gasteiger partial charge < -0.3 is 0 Å². The number of halogens is 12. The van der Waals surface area contributed by atoms with Gasteiger partial charge in [0.15, 0.2) is 46.5 Å². The highest BCUT2D eigenvalue weighted by molar-refractivity contribution is 6.05. The largest absolute Gasteiger partial charge is 0.340 e. The van der Waals surface area contributed by atoms with Crippen LogP contribution in [0, 0.1) is 46.5 Å². The second-order valence-corrected chi connectivity index (χ2v) is 5.59. The van der Waals surface area contributed by atoms with Crippen LogP contribution < -0.4 is 0 Å². The summed E-state index contributed by atoms with van der Waals surface area (Å²) in [4.78, 5) is 0. The molecule has 28 heavy (non-hydrogen) atoms. The number of rotatable bonds is 2. The van der Waals surface area contributed by atoms with Crippen LogP contribution >= 0.6 is 0 Å². The van der Waals surface area contributed by atoms with E-state index in [0.29, 0.717) is 0 Å². The number of hydrogen-bond acceptors (Lipinski definition) is 0. The number of alkyl halides is 4. The van der Waals surface area contributed by atoms with Crippen LogP contribution in [0.5, 0.6) is 0 Å². The molecule has 0 saturated carbocycles. The van der Waals surface area contributed by atoms with E-state index in [1.54, 1.807) is 0 Å². The second kappa shape index (κ2) is 5.92. The first-order valence-corrected chi connectivity index (χ1v) is 6.92. The number of allylic oxidation sites excluding steroid dienone is 2. The molecule has 2 aromatic carbocycles. The standard InChI is InChI=1S/C16H2F12/c17-5-1-3(9(19)13(23)11(5)21)7-8(16(27,28)15(7,25)26)4-2-6(18)12(22)14(24)10(4)20/h1-2H. The normalized spacial score (nSPS) is 17.7. The number of benzene rings is 2. The topological polar surface area (TPSA) is 0 Å². The summed E-state index contributed by atoms with van der Waals surface area (Å²) in [5, 5.41) is 0. The van der Waals surface area contributed by atoms with Gasteiger partial charge in [0.25, 0.3) is 0 Å². The molecule has 0 unspecified atom stereocenters. The van der Waals surface area contributed by atoms with Crippen molar-refractivity contribution in [1.29, 1.82) is 0 Å². The Labute approximate surface area is 146 Å². The van der Waals surface area contributed by atoms with Gasteiger partial charge in [-0.05, 0) is 12.1 Å². The van der Waals surface area contributed by atoms with Crippen molar-refractivity contribution in [1.82, 2.24) is 0 Å². The molecule has 0 N–H and O–H groups in total. The maximum absolute atomic E-state index is 13.9. The molecule has 0 bridgehead atoms. The van der Waals surface area contributed by atoms with Gasteiger partial charge in [-0.2, -0.15) is 17.6 Å². The molecule has 0 atom stereocenters. The van der Waals surface area contributed by atoms with Crippen LogP contribution in [0.1, 0.15) is 11.1 Å². The third-order valence-corrected chi connectivity index (χ3v) is 4.02. The summed E-state index contributed by atoms with van der Waals surface area (Å²) in [6.45, 7) is 0. The fourth-order valence-electron chi connectivity index (χ4n) is 2.68. The summed E-state index contributed by atoms with van der Waals surface area (Å²) in [7, 11) is 0. The fourth-order valence-corrected chi connectivity index (χ4v) is 2.68. The van der Waals surface area contributed by atoms with Gasteiger partial charge in [-0.15, -0.1) is 0 Å². The average molecular weight is 422 g/mol. The van der Waals surface area contributed by atoms with Crippen molar-refractivity contribution in [2.45, 2.75) is 11.8 Å². The van der Waals surface area contributed by atoms with Crippen LogP contribution in [0.2, 0.25) is 0 Å². The Kier molecular flexibility index (Phi) is 4.24. The lowest BCUT2D eigenvalue weighted by Gasteiger charge is -2.41. The molecule has 150 valence electrons. The molecule has 0 nitrogen and oxygen atoms in total. The van der Waals surface area contributed by atoms with Gasteiger partial charge in [-0.1, -0.05) is 0 Å². The summed E-state index contributed by atoms with van der Waals surface area (Å²) in [6, 6.07) is -0.833. The first kappa shape index (κ1) is 20.1. The third-order valence-electron chi connectivity index (χ3n) is 4.02. The van der Waals surface area contributed by atoms with Crippen LogP contribution in [0.3, 0.4) is 0 Å². The lowest BCUT2D eigenvalue weighted by molar-refractivity contribution is -0.149. The van der Waals surface area contributed by atoms with Crippen molar-refractivity contribution in [2.75, 3.05) is 0 Å². The van der Waals surface area contributed by atoms with Crippen LogP contribution in [0.4, 0.5) is 52.7 Å². The fraction of sp³-hybridized carbons (Fsp3) is 0.125. The van der Waals surface area contributed by atoms with Crippen molar-refractivity contribution in [2.24, 2.45) is 0 Å². The smallest absolute Gasteiger partial charge is 0.204 e. The van der Waals surface area contributed by atoms with Gasteiger partial charge >= 0.3 is 11.8 Å². The van der Waals surface area contributed by atoms with Gasteiger partial charge in [0.05, 0.1) is 0 Å². The van der Waals surface area contributed by atoms with Gasteiger partial charge in [0.2, 0.25) is 0 Å². The molecule has 0 aromatic heterocycles. The SMILES string of the molecule is Fc1cc(C2=C(c3cc(F)c(F)c(F)c3F)C(F)(F)C2(F)F)c(F)c(F)c1F. The molecule has 0 spiro atoms. The average Bonchev–Trinajstić information content (AvgIpc) is 2.62. The van der Waals surface area contributed by atoms with E-state index in [1.807, 2.05) is 0 Å². The predicted octanol–water partition coefficient (Wildman–Crippen LogP) is 5.99. The van der Waals surface area contributed by atoms with Gasteiger partial charge in [0, 0.05) is 22.3 Å². The summed E-state index contributed by atoms with van der Waals surface area (Å²) < 4.78 is 162. The molecule has 12 heteroatoms. The number of hydrogen-bond donors (Lipinski definition) is 0. The predicted molar refractivity (Wildman–Crippen MR) is 69.3 cm³/mol. The Bertz CT molecular complexity index is 967. The summed E-state index contributed by atoms with van der Waals surface area (Å²) in [5.74, 6) is -30.6. The maximum atomic E-state index is 13.9. The first-order valence-electron chi connectivity index (χ1n) is 6.92. The molecule has 0 fully saturated rings. The van der Waals surface area contributed by atoms with E-state index in [1.165, 1.54) is 0 Å². The molecule has 1 aliphatic rings. The monoisotopic (exact) mass is 422 g/mol. The summed E-state index contributed by atoms with van der Waals surface area (Å²) in [5.41, 5.74) is -8.38. The Morgan fingerprint density at radius 1 is 0.429 bits per heavy atom. The van der Waals surface area contributed by atoms with E-state index >= 15 is 0 Å². The van der Waals surface area contributed by atoms with Crippen molar-refractivity contribution in [3.8, 4) is 0 Å². The lowest BCUT2D eigenvalue weighted by atomic mass is 9.73. The minimum absolute atomic E-state index is 0.416. The van der Waals surface area contributed by atoms with E-state index in [0.717, 1.165) is 0 Å². The van der Waals surface area contributed by atoms with Crippen LogP contribution in [0.15, 0.2) is 12.1 Å². The van der Waals surface area contributed by atoms with Crippen molar-refractivity contribution in [3.05, 3.63) is 69.8 Å². The van der Waals surface area contributed by atoms with Gasteiger partial charge in [-0.25, -0.2) is 35.1 Å². The van der Waals surface area contributed by atoms with Gasteiger partial charge in [-0.3, -0.25) is 0 Å². The van der Waals surface area contributed by atoms with Crippen molar-refractivity contribution in [3.63, 3.8) is 0 Å². The van der Waals surface area contributed by atoms with Crippen molar-refractivity contribution >= 4 is 11.1 Å². The third kappa shape index (κ3) is 2.35. The van der Waals surface area contributed by atoms with E-state index in [2.05, 4.69) is 0 Å². The lowest BCUT2D eigenvalue weighted by Crippen LogP contribution is -2.52. The first-order chi connectivity index (χ1) is 12.7. The van der Waals surface area contributed by atoms with Gasteiger partial charge in [0.1, 0.15) is 0 Å². The van der Waals surface area contributed by atoms with Crippen LogP contribution in [-0.2, 0) is 0 Å². The molecule has 2 aromatic rings. The van der Waals surface area contributed by atoms with Crippen molar-refractivity contribution < 1.29 is 52.7 Å². The Morgan fingerprint density at radius 3 is 1.00 bits per heavy atom. The quantitative estimate of drug-likeness (QED) is 0.317. The molecule has 0 heterocycles. The Balaban J connectivity index is 2.45. The van der Waals surface area contributed by atoms with E-state index in [-0.39, 0.29) is 0 Å². The summed E-state index contributed by atoms with van der Waals surface area (Å²) in [6.07, 6.45) is 0. The van der Waals surface area contributed by atoms with E-state index in [9.17, 15) is 52.7 Å². The molecule has 0 amide bonds. The highest BCUT2D eigenvalue weighted by Crippen LogP contribution is 2.63. The molecule has 0 radical (unpaired) electrons. The minimum Gasteiger partial charge on any atom is -0.204 e. The van der Waals surface area contributed by atoms with E-state index in [4.69, 9.17) is 0 Å². The molecule has 3 rings (SSSR count). The molecular weight excluding hydrogens is 420 g/mol. The molecule has 0 saturated heterocycles. The second-order valence-electron chi connectivity index (χ2n) is 5.59. The maximum Gasteiger partial charge on any atom is 0.340 e. The Morgan fingerprint density at radius 2 is 0.714 bits per heavy atom. The molecule has 0 aliphatic heterocycles. The highest BCUT2D eigenvalue weighted by atomic mass is 19.3.